The summed E-state index contributed by atoms with van der Waals surface area (Å²) >= 11 is 0. The summed E-state index contributed by atoms with van der Waals surface area (Å²) in [7, 11) is -4.42. The van der Waals surface area contributed by atoms with E-state index in [1.165, 1.54) is 42.7 Å². The molecule has 0 spiro atoms. The van der Waals surface area contributed by atoms with Gasteiger partial charge in [0.15, 0.2) is 0 Å². The maximum atomic E-state index is 12.7. The lowest BCUT2D eigenvalue weighted by Gasteiger charge is -2.32. The summed E-state index contributed by atoms with van der Waals surface area (Å²) in [5.41, 5.74) is 1.92. The first-order valence-electron chi connectivity index (χ1n) is 10.2. The summed E-state index contributed by atoms with van der Waals surface area (Å²) in [6.07, 6.45) is 1.17. The van der Waals surface area contributed by atoms with Crippen molar-refractivity contribution in [1.82, 2.24) is 8.61 Å². The Labute approximate surface area is 189 Å². The molecule has 0 radical (unpaired) electrons. The predicted molar refractivity (Wildman–Crippen MR) is 124 cm³/mol. The van der Waals surface area contributed by atoms with Crippen molar-refractivity contribution in [3.05, 3.63) is 54.1 Å². The van der Waals surface area contributed by atoms with E-state index in [2.05, 4.69) is 10.0 Å². The number of carbonyl (C=O) groups is 1. The van der Waals surface area contributed by atoms with Gasteiger partial charge in [0.05, 0.1) is 10.8 Å². The van der Waals surface area contributed by atoms with Gasteiger partial charge in [-0.3, -0.25) is 9.52 Å². The van der Waals surface area contributed by atoms with Crippen LogP contribution in [0, 0.1) is 12.8 Å². The van der Waals surface area contributed by atoms with Gasteiger partial charge in [-0.15, -0.1) is 0 Å². The molecular formula is C21H28N4O5S2. The van der Waals surface area contributed by atoms with E-state index in [9.17, 15) is 21.6 Å². The van der Waals surface area contributed by atoms with Crippen molar-refractivity contribution in [2.45, 2.75) is 24.7 Å². The number of sulfonamides is 1. The van der Waals surface area contributed by atoms with Gasteiger partial charge in [0.2, 0.25) is 5.91 Å². The van der Waals surface area contributed by atoms with Crippen molar-refractivity contribution in [1.29, 1.82) is 0 Å². The van der Waals surface area contributed by atoms with Crippen LogP contribution in [0.4, 0.5) is 11.4 Å². The van der Waals surface area contributed by atoms with Gasteiger partial charge in [-0.1, -0.05) is 17.7 Å². The number of benzene rings is 2. The van der Waals surface area contributed by atoms with Crippen LogP contribution in [-0.2, 0) is 25.0 Å². The topological polar surface area (TPSA) is 116 Å². The van der Waals surface area contributed by atoms with E-state index in [1.807, 2.05) is 19.1 Å². The molecule has 2 aromatic carbocycles. The maximum absolute atomic E-state index is 12.7. The van der Waals surface area contributed by atoms with E-state index in [0.29, 0.717) is 30.8 Å². The largest absolute Gasteiger partial charge is 0.326 e. The minimum atomic E-state index is -3.76. The fourth-order valence-electron chi connectivity index (χ4n) is 3.39. The molecule has 2 aromatic rings. The molecule has 0 aliphatic carbocycles. The number of rotatable bonds is 7. The zero-order valence-electron chi connectivity index (χ0n) is 18.3. The number of anilines is 2. The highest BCUT2D eigenvalue weighted by Crippen LogP contribution is 2.23. The molecule has 1 saturated heterocycles. The molecule has 1 heterocycles. The fraction of sp³-hybridized carbons (Fsp3) is 0.381. The molecule has 11 heteroatoms. The second-order valence-corrected chi connectivity index (χ2v) is 11.8. The van der Waals surface area contributed by atoms with Crippen LogP contribution in [0.2, 0.25) is 0 Å². The van der Waals surface area contributed by atoms with Gasteiger partial charge in [0.1, 0.15) is 0 Å². The van der Waals surface area contributed by atoms with Crippen LogP contribution >= 0.6 is 0 Å². The minimum absolute atomic E-state index is 0.0667. The molecule has 2 N–H and O–H groups in total. The van der Waals surface area contributed by atoms with Gasteiger partial charge in [0, 0.05) is 38.6 Å². The average molecular weight is 481 g/mol. The summed E-state index contributed by atoms with van der Waals surface area (Å²) in [6.45, 7) is 2.40. The lowest BCUT2D eigenvalue weighted by atomic mass is 9.99. The molecule has 0 saturated carbocycles. The van der Waals surface area contributed by atoms with Crippen molar-refractivity contribution < 1.29 is 21.6 Å². The zero-order valence-corrected chi connectivity index (χ0v) is 19.9. The molecular weight excluding hydrogens is 452 g/mol. The van der Waals surface area contributed by atoms with Crippen LogP contribution in [0.25, 0.3) is 0 Å². The van der Waals surface area contributed by atoms with Crippen LogP contribution in [0.3, 0.4) is 0 Å². The van der Waals surface area contributed by atoms with E-state index in [1.54, 1.807) is 12.1 Å². The molecule has 0 aromatic heterocycles. The fourth-order valence-corrected chi connectivity index (χ4v) is 5.64. The number of aryl methyl sites for hydroxylation is 1. The molecule has 0 unspecified atom stereocenters. The molecule has 1 aliphatic heterocycles. The van der Waals surface area contributed by atoms with Gasteiger partial charge in [0.25, 0.3) is 20.2 Å². The molecule has 1 amide bonds. The van der Waals surface area contributed by atoms with Gasteiger partial charge in [-0.05, 0) is 56.2 Å². The Bertz CT molecular complexity index is 1160. The number of amides is 1. The highest BCUT2D eigenvalue weighted by atomic mass is 32.2. The monoisotopic (exact) mass is 480 g/mol. The lowest BCUT2D eigenvalue weighted by molar-refractivity contribution is -0.120. The smallest absolute Gasteiger partial charge is 0.281 e. The number of hydrogen-bond donors (Lipinski definition) is 2. The van der Waals surface area contributed by atoms with Crippen molar-refractivity contribution in [3.8, 4) is 0 Å². The molecule has 32 heavy (non-hydrogen) atoms. The van der Waals surface area contributed by atoms with Gasteiger partial charge in [-0.2, -0.15) is 17.0 Å². The first kappa shape index (κ1) is 24.2. The van der Waals surface area contributed by atoms with Crippen LogP contribution in [0.1, 0.15) is 18.4 Å². The van der Waals surface area contributed by atoms with Gasteiger partial charge < -0.3 is 5.32 Å². The molecule has 1 aliphatic rings. The number of piperidine rings is 1. The zero-order chi connectivity index (χ0) is 23.5. The first-order valence-corrected chi connectivity index (χ1v) is 13.0. The highest BCUT2D eigenvalue weighted by molar-refractivity contribution is 7.92. The Morgan fingerprint density at radius 2 is 1.56 bits per heavy atom. The van der Waals surface area contributed by atoms with Crippen molar-refractivity contribution in [2.24, 2.45) is 5.92 Å². The SMILES string of the molecule is Cc1ccc(NS(=O)(=O)c2ccc(NC(=O)[C@@H]3CCCN(S(=O)(=O)N(C)C)C3)cc2)cc1. The molecule has 1 atom stereocenters. The third-order valence-electron chi connectivity index (χ3n) is 5.28. The predicted octanol–water partition coefficient (Wildman–Crippen LogP) is 2.25. The summed E-state index contributed by atoms with van der Waals surface area (Å²) in [5, 5.41) is 2.76. The van der Waals surface area contributed by atoms with Crippen LogP contribution in [0.15, 0.2) is 53.4 Å². The molecule has 9 nitrogen and oxygen atoms in total. The van der Waals surface area contributed by atoms with E-state index < -0.39 is 26.2 Å². The molecule has 174 valence electrons. The first-order chi connectivity index (χ1) is 15.0. The summed E-state index contributed by atoms with van der Waals surface area (Å²) in [6, 6.07) is 12.8. The second-order valence-electron chi connectivity index (χ2n) is 7.97. The number of nitrogens with one attached hydrogen (secondary N) is 2. The Morgan fingerprint density at radius 3 is 2.16 bits per heavy atom. The second kappa shape index (κ2) is 9.57. The van der Waals surface area contributed by atoms with E-state index >= 15 is 0 Å². The third kappa shape index (κ3) is 5.66. The highest BCUT2D eigenvalue weighted by Gasteiger charge is 2.33. The van der Waals surface area contributed by atoms with Crippen LogP contribution in [-0.4, -0.2) is 58.5 Å². The lowest BCUT2D eigenvalue weighted by Crippen LogP contribution is -2.47. The van der Waals surface area contributed by atoms with Crippen molar-refractivity contribution >= 4 is 37.5 Å². The number of hydrogen-bond acceptors (Lipinski definition) is 5. The maximum Gasteiger partial charge on any atom is 0.281 e. The average Bonchev–Trinajstić information content (AvgIpc) is 2.75. The summed E-state index contributed by atoms with van der Waals surface area (Å²) in [5.74, 6) is -0.776. The van der Waals surface area contributed by atoms with Crippen molar-refractivity contribution in [2.75, 3.05) is 37.2 Å². The normalized spacial score (nSPS) is 17.8. The molecule has 1 fully saturated rings. The Balaban J connectivity index is 1.65. The summed E-state index contributed by atoms with van der Waals surface area (Å²) in [4.78, 5) is 12.8. The Kier molecular flexibility index (Phi) is 7.23. The van der Waals surface area contributed by atoms with Crippen LogP contribution in [0.5, 0.6) is 0 Å². The van der Waals surface area contributed by atoms with Gasteiger partial charge >= 0.3 is 0 Å². The summed E-state index contributed by atoms with van der Waals surface area (Å²) < 4.78 is 54.8. The van der Waals surface area contributed by atoms with Crippen molar-refractivity contribution in [3.63, 3.8) is 0 Å². The molecule has 3 rings (SSSR count). The number of nitrogens with zero attached hydrogens (tertiary/aromatic N) is 2. The minimum Gasteiger partial charge on any atom is -0.326 e. The number of carbonyl (C=O) groups excluding carboxylic acids is 1. The quantitative estimate of drug-likeness (QED) is 0.631. The Morgan fingerprint density at radius 1 is 0.969 bits per heavy atom. The standard InChI is InChI=1S/C21H28N4O5S2/c1-16-6-8-19(9-7-16)23-31(27,28)20-12-10-18(11-13-20)22-21(26)17-5-4-14-25(15-17)32(29,30)24(2)3/h6-13,17,23H,4-5,14-15H2,1-3H3,(H,22,26)/t17-/m1/s1. The van der Waals surface area contributed by atoms with Crippen LogP contribution < -0.4 is 10.0 Å². The molecule has 0 bridgehead atoms. The Hall–Kier alpha value is -2.47. The van der Waals surface area contributed by atoms with Gasteiger partial charge in [-0.25, -0.2) is 8.42 Å². The van der Waals surface area contributed by atoms with E-state index in [0.717, 1.165) is 9.87 Å². The van der Waals surface area contributed by atoms with E-state index in [-0.39, 0.29) is 17.3 Å². The van der Waals surface area contributed by atoms with E-state index in [4.69, 9.17) is 0 Å². The third-order valence-corrected chi connectivity index (χ3v) is 8.58.